The number of carbonyl (C=O) groups excluding carboxylic acids is 1. The van der Waals surface area contributed by atoms with Gasteiger partial charge in [0.05, 0.1) is 22.3 Å². The lowest BCUT2D eigenvalue weighted by Crippen LogP contribution is -2.19. The zero-order valence-corrected chi connectivity index (χ0v) is 15.4. The van der Waals surface area contributed by atoms with E-state index in [0.29, 0.717) is 22.8 Å². The highest BCUT2D eigenvalue weighted by Crippen LogP contribution is 2.24. The molecule has 146 valence electrons. The predicted molar refractivity (Wildman–Crippen MR) is 109 cm³/mol. The van der Waals surface area contributed by atoms with Gasteiger partial charge in [0, 0.05) is 41.4 Å². The van der Waals surface area contributed by atoms with Gasteiger partial charge < -0.3 is 5.32 Å². The summed E-state index contributed by atoms with van der Waals surface area (Å²) in [6.45, 7) is 2.72. The zero-order chi connectivity index (χ0) is 20.4. The molecule has 0 fully saturated rings. The van der Waals surface area contributed by atoms with Gasteiger partial charge in [-0.1, -0.05) is 12.1 Å². The number of H-pyrrole nitrogens is 1. The second-order valence-corrected chi connectivity index (χ2v) is 6.29. The molecular formula is C19H17N7O3. The molecule has 10 nitrogen and oxygen atoms in total. The van der Waals surface area contributed by atoms with Gasteiger partial charge in [-0.3, -0.25) is 25.2 Å². The molecule has 0 atom stereocenters. The largest absolute Gasteiger partial charge is 0.324 e. The van der Waals surface area contributed by atoms with Crippen molar-refractivity contribution in [1.29, 1.82) is 0 Å². The Morgan fingerprint density at radius 1 is 1.21 bits per heavy atom. The number of aromatic nitrogens is 4. The van der Waals surface area contributed by atoms with Gasteiger partial charge in [0.1, 0.15) is 0 Å². The summed E-state index contributed by atoms with van der Waals surface area (Å²) in [7, 11) is 0. The summed E-state index contributed by atoms with van der Waals surface area (Å²) in [5, 5.41) is 28.4. The van der Waals surface area contributed by atoms with Crippen molar-refractivity contribution in [1.82, 2.24) is 20.0 Å². The summed E-state index contributed by atoms with van der Waals surface area (Å²) in [6.07, 6.45) is 1.78. The molecule has 0 unspecified atom stereocenters. The SMILES string of the molecule is CCn1ncc2ccc(NC(=O)Nc3cc(-c4cccc([N+](=O)[O-])c4)[nH]n3)cc21. The molecule has 4 aromatic rings. The number of nitro benzene ring substituents is 1. The molecule has 2 aromatic heterocycles. The number of non-ortho nitro benzene ring substituents is 1. The number of urea groups is 1. The number of hydrogen-bond acceptors (Lipinski definition) is 5. The van der Waals surface area contributed by atoms with Crippen LogP contribution in [0, 0.1) is 10.1 Å². The molecule has 4 rings (SSSR count). The van der Waals surface area contributed by atoms with E-state index in [2.05, 4.69) is 25.9 Å². The van der Waals surface area contributed by atoms with Crippen LogP contribution in [0.1, 0.15) is 6.92 Å². The van der Waals surface area contributed by atoms with E-state index in [4.69, 9.17) is 0 Å². The van der Waals surface area contributed by atoms with Gasteiger partial charge in [-0.25, -0.2) is 4.79 Å². The third-order valence-electron chi connectivity index (χ3n) is 4.39. The number of anilines is 2. The summed E-state index contributed by atoms with van der Waals surface area (Å²) < 4.78 is 1.84. The number of nitro groups is 1. The number of hydrogen-bond donors (Lipinski definition) is 3. The van der Waals surface area contributed by atoms with Crippen LogP contribution in [0.3, 0.4) is 0 Å². The van der Waals surface area contributed by atoms with Gasteiger partial charge >= 0.3 is 6.03 Å². The van der Waals surface area contributed by atoms with Crippen LogP contribution in [0.5, 0.6) is 0 Å². The van der Waals surface area contributed by atoms with E-state index in [1.807, 2.05) is 23.7 Å². The minimum Gasteiger partial charge on any atom is -0.308 e. The van der Waals surface area contributed by atoms with Crippen LogP contribution in [-0.4, -0.2) is 30.9 Å². The summed E-state index contributed by atoms with van der Waals surface area (Å²) in [5.74, 6) is 0.295. The molecule has 2 aromatic carbocycles. The maximum absolute atomic E-state index is 12.3. The summed E-state index contributed by atoms with van der Waals surface area (Å²) in [5.41, 5.74) is 2.68. The molecule has 0 saturated heterocycles. The van der Waals surface area contributed by atoms with Crippen molar-refractivity contribution >= 4 is 34.1 Å². The Morgan fingerprint density at radius 3 is 2.86 bits per heavy atom. The van der Waals surface area contributed by atoms with Crippen LogP contribution in [0.2, 0.25) is 0 Å². The Labute approximate surface area is 164 Å². The Bertz CT molecular complexity index is 1210. The van der Waals surface area contributed by atoms with Gasteiger partial charge in [0.25, 0.3) is 5.69 Å². The molecule has 29 heavy (non-hydrogen) atoms. The minimum atomic E-state index is -0.464. The molecule has 2 heterocycles. The fraction of sp³-hybridized carbons (Fsp3) is 0.105. The highest BCUT2D eigenvalue weighted by atomic mass is 16.6. The van der Waals surface area contributed by atoms with E-state index >= 15 is 0 Å². The first kappa shape index (κ1) is 18.2. The highest BCUT2D eigenvalue weighted by molar-refractivity contribution is 6.00. The monoisotopic (exact) mass is 391 g/mol. The standard InChI is InChI=1S/C19H17N7O3/c1-2-25-17-9-14(7-6-13(17)11-20-25)21-19(27)22-18-10-16(23-24-18)12-4-3-5-15(8-12)26(28)29/h3-11H,2H2,1H3,(H3,21,22,23,24,27). The normalized spacial score (nSPS) is 10.8. The Morgan fingerprint density at radius 2 is 2.07 bits per heavy atom. The van der Waals surface area contributed by atoms with Gasteiger partial charge in [0.15, 0.2) is 5.82 Å². The topological polar surface area (TPSA) is 131 Å². The quantitative estimate of drug-likeness (QED) is 0.350. The van der Waals surface area contributed by atoms with Crippen molar-refractivity contribution in [2.24, 2.45) is 0 Å². The first-order valence-electron chi connectivity index (χ1n) is 8.87. The van der Waals surface area contributed by atoms with Crippen molar-refractivity contribution in [2.75, 3.05) is 10.6 Å². The molecule has 10 heteroatoms. The minimum absolute atomic E-state index is 0.0222. The molecule has 0 bridgehead atoms. The molecule has 0 spiro atoms. The molecule has 0 aliphatic carbocycles. The summed E-state index contributed by atoms with van der Waals surface area (Å²) >= 11 is 0. The van der Waals surface area contributed by atoms with Gasteiger partial charge in [-0.15, -0.1) is 0 Å². The van der Waals surface area contributed by atoms with E-state index < -0.39 is 11.0 Å². The Balaban J connectivity index is 1.47. The molecule has 0 radical (unpaired) electrons. The number of aryl methyl sites for hydroxylation is 1. The van der Waals surface area contributed by atoms with Gasteiger partial charge in [0.2, 0.25) is 0 Å². The second-order valence-electron chi connectivity index (χ2n) is 6.29. The van der Waals surface area contributed by atoms with Crippen molar-refractivity contribution in [3.63, 3.8) is 0 Å². The van der Waals surface area contributed by atoms with Crippen LogP contribution in [-0.2, 0) is 6.54 Å². The number of benzene rings is 2. The number of rotatable bonds is 5. The van der Waals surface area contributed by atoms with Crippen LogP contribution in [0.4, 0.5) is 22.0 Å². The predicted octanol–water partition coefficient (Wildman–Crippen LogP) is 4.00. The second kappa shape index (κ2) is 7.43. The van der Waals surface area contributed by atoms with Crippen LogP contribution < -0.4 is 10.6 Å². The van der Waals surface area contributed by atoms with Crippen molar-refractivity contribution in [3.8, 4) is 11.3 Å². The van der Waals surface area contributed by atoms with Crippen LogP contribution >= 0.6 is 0 Å². The van der Waals surface area contributed by atoms with E-state index in [1.54, 1.807) is 30.5 Å². The van der Waals surface area contributed by atoms with E-state index in [0.717, 1.165) is 17.4 Å². The smallest absolute Gasteiger partial charge is 0.308 e. The maximum atomic E-state index is 12.3. The number of aromatic amines is 1. The lowest BCUT2D eigenvalue weighted by Gasteiger charge is -2.06. The van der Waals surface area contributed by atoms with Crippen LogP contribution in [0.15, 0.2) is 54.7 Å². The average Bonchev–Trinajstić information content (AvgIpc) is 3.34. The lowest BCUT2D eigenvalue weighted by atomic mass is 10.1. The third-order valence-corrected chi connectivity index (χ3v) is 4.39. The van der Waals surface area contributed by atoms with Crippen LogP contribution in [0.25, 0.3) is 22.2 Å². The number of fused-ring (bicyclic) bond motifs is 1. The van der Waals surface area contributed by atoms with E-state index in [-0.39, 0.29) is 5.69 Å². The zero-order valence-electron chi connectivity index (χ0n) is 15.4. The fourth-order valence-electron chi connectivity index (χ4n) is 3.00. The maximum Gasteiger partial charge on any atom is 0.324 e. The van der Waals surface area contributed by atoms with Gasteiger partial charge in [-0.05, 0) is 25.1 Å². The lowest BCUT2D eigenvalue weighted by molar-refractivity contribution is -0.384. The molecule has 0 aliphatic heterocycles. The molecule has 3 N–H and O–H groups in total. The fourth-order valence-corrected chi connectivity index (χ4v) is 3.00. The van der Waals surface area contributed by atoms with Crippen molar-refractivity contribution in [3.05, 3.63) is 64.8 Å². The molecular weight excluding hydrogens is 374 g/mol. The molecule has 2 amide bonds. The Kier molecular flexibility index (Phi) is 4.65. The third kappa shape index (κ3) is 3.76. The summed E-state index contributed by atoms with van der Waals surface area (Å²) in [4.78, 5) is 22.8. The highest BCUT2D eigenvalue weighted by Gasteiger charge is 2.11. The van der Waals surface area contributed by atoms with E-state index in [1.165, 1.54) is 12.1 Å². The number of carbonyl (C=O) groups is 1. The number of nitrogens with one attached hydrogen (secondary N) is 3. The number of nitrogens with zero attached hydrogens (tertiary/aromatic N) is 4. The van der Waals surface area contributed by atoms with Gasteiger partial charge in [-0.2, -0.15) is 10.2 Å². The first-order chi connectivity index (χ1) is 14.0. The first-order valence-corrected chi connectivity index (χ1v) is 8.87. The average molecular weight is 391 g/mol. The molecule has 0 aliphatic rings. The number of amides is 2. The van der Waals surface area contributed by atoms with Crippen molar-refractivity contribution < 1.29 is 9.72 Å². The van der Waals surface area contributed by atoms with E-state index in [9.17, 15) is 14.9 Å². The summed E-state index contributed by atoms with van der Waals surface area (Å²) in [6, 6.07) is 12.8. The van der Waals surface area contributed by atoms with Crippen molar-refractivity contribution in [2.45, 2.75) is 13.5 Å². The molecule has 0 saturated carbocycles. The Hall–Kier alpha value is -4.21.